The Labute approximate surface area is 80.3 Å². The monoisotopic (exact) mass is 166 g/mol. The van der Waals surface area contributed by atoms with E-state index in [4.69, 9.17) is 0 Å². The summed E-state index contributed by atoms with van der Waals surface area (Å²) in [5, 5.41) is 0.422. The van der Waals surface area contributed by atoms with Crippen molar-refractivity contribution in [2.45, 2.75) is 53.2 Å². The molecule has 0 spiro atoms. The van der Waals surface area contributed by atoms with Gasteiger partial charge in [-0.3, -0.25) is 0 Å². The normalized spacial score (nSPS) is 14.8. The van der Waals surface area contributed by atoms with Crippen LogP contribution in [0.1, 0.15) is 48.0 Å². The molecule has 0 fully saturated rings. The highest BCUT2D eigenvalue weighted by Gasteiger charge is 2.35. The van der Waals surface area contributed by atoms with Crippen LogP contribution in [0.5, 0.6) is 0 Å². The standard InChI is InChI=1S/C10H24B2/c1-8(2,3)7-10(11,12)9(4,5)6/h7,11-12H2,1-6H3. The van der Waals surface area contributed by atoms with E-state index in [1.165, 1.54) is 6.42 Å². The predicted octanol–water partition coefficient (Wildman–Crippen LogP) is 1.85. The van der Waals surface area contributed by atoms with Crippen molar-refractivity contribution in [2.75, 3.05) is 0 Å². The molecule has 0 atom stereocenters. The highest BCUT2D eigenvalue weighted by atomic mass is 14.3. The molecule has 70 valence electrons. The third kappa shape index (κ3) is 3.69. The van der Waals surface area contributed by atoms with E-state index in [1.807, 2.05) is 0 Å². The quantitative estimate of drug-likeness (QED) is 0.521. The van der Waals surface area contributed by atoms with Crippen molar-refractivity contribution in [3.63, 3.8) is 0 Å². The summed E-state index contributed by atoms with van der Waals surface area (Å²) >= 11 is 0. The van der Waals surface area contributed by atoms with Gasteiger partial charge in [0.1, 0.15) is 0 Å². The first kappa shape index (κ1) is 12.1. The minimum atomic E-state index is 0.403. The van der Waals surface area contributed by atoms with Gasteiger partial charge in [0.05, 0.1) is 15.7 Å². The average molecular weight is 166 g/mol. The molecule has 0 aliphatic carbocycles. The van der Waals surface area contributed by atoms with Crippen LogP contribution in [0.2, 0.25) is 5.21 Å². The molecular weight excluding hydrogens is 142 g/mol. The van der Waals surface area contributed by atoms with E-state index in [9.17, 15) is 0 Å². The van der Waals surface area contributed by atoms with E-state index in [2.05, 4.69) is 57.2 Å². The number of rotatable bonds is 1. The summed E-state index contributed by atoms with van der Waals surface area (Å²) in [5.41, 5.74) is 0.844. The van der Waals surface area contributed by atoms with Gasteiger partial charge in [-0.05, 0) is 10.8 Å². The molecule has 0 rings (SSSR count). The third-order valence-corrected chi connectivity index (χ3v) is 3.00. The van der Waals surface area contributed by atoms with Crippen LogP contribution >= 0.6 is 0 Å². The fourth-order valence-corrected chi connectivity index (χ4v) is 1.59. The van der Waals surface area contributed by atoms with E-state index in [0.717, 1.165) is 0 Å². The summed E-state index contributed by atoms with van der Waals surface area (Å²) in [6, 6.07) is 0. The largest absolute Gasteiger partial charge is 0.0999 e. The zero-order chi connectivity index (χ0) is 10.2. The zero-order valence-electron chi connectivity index (χ0n) is 10.2. The number of hydrogen-bond acceptors (Lipinski definition) is 0. The molecule has 0 aromatic carbocycles. The highest BCUT2D eigenvalue weighted by Crippen LogP contribution is 2.47. The second kappa shape index (κ2) is 3.12. The van der Waals surface area contributed by atoms with Gasteiger partial charge < -0.3 is 0 Å². The summed E-state index contributed by atoms with van der Waals surface area (Å²) in [6.07, 6.45) is 1.28. The van der Waals surface area contributed by atoms with Gasteiger partial charge in [-0.15, -0.1) is 0 Å². The SMILES string of the molecule is BC(B)(CC(C)(C)C)C(C)(C)C. The number of hydrogen-bond donors (Lipinski definition) is 0. The van der Waals surface area contributed by atoms with E-state index in [1.54, 1.807) is 0 Å². The molecule has 0 aliphatic rings. The molecule has 0 aromatic heterocycles. The first-order valence-electron chi connectivity index (χ1n) is 4.96. The fourth-order valence-electron chi connectivity index (χ4n) is 1.59. The van der Waals surface area contributed by atoms with Crippen molar-refractivity contribution in [1.82, 2.24) is 0 Å². The van der Waals surface area contributed by atoms with Crippen LogP contribution in [0.15, 0.2) is 0 Å². The topological polar surface area (TPSA) is 0 Å². The Balaban J connectivity index is 4.44. The van der Waals surface area contributed by atoms with Crippen LogP contribution in [-0.2, 0) is 0 Å². The molecule has 0 bridgehead atoms. The summed E-state index contributed by atoms with van der Waals surface area (Å²) < 4.78 is 0. The van der Waals surface area contributed by atoms with Gasteiger partial charge in [-0.2, -0.15) is 0 Å². The molecule has 0 aromatic rings. The first-order valence-corrected chi connectivity index (χ1v) is 4.96. The van der Waals surface area contributed by atoms with Crippen molar-refractivity contribution in [2.24, 2.45) is 10.8 Å². The fraction of sp³-hybridized carbons (Fsp3) is 1.00. The average Bonchev–Trinajstić information content (AvgIpc) is 1.52. The molecule has 0 radical (unpaired) electrons. The Bertz CT molecular complexity index is 146. The smallest absolute Gasteiger partial charge is 0.0794 e. The maximum Gasteiger partial charge on any atom is 0.0999 e. The van der Waals surface area contributed by atoms with E-state index >= 15 is 0 Å². The van der Waals surface area contributed by atoms with Gasteiger partial charge in [-0.25, -0.2) is 0 Å². The molecule has 0 saturated heterocycles. The predicted molar refractivity (Wildman–Crippen MR) is 63.3 cm³/mol. The van der Waals surface area contributed by atoms with E-state index < -0.39 is 0 Å². The second-order valence-corrected chi connectivity index (χ2v) is 6.87. The summed E-state index contributed by atoms with van der Waals surface area (Å²) in [5.74, 6) is 0. The van der Waals surface area contributed by atoms with Gasteiger partial charge in [0.15, 0.2) is 0 Å². The van der Waals surface area contributed by atoms with Crippen molar-refractivity contribution in [3.8, 4) is 0 Å². The van der Waals surface area contributed by atoms with Gasteiger partial charge >= 0.3 is 0 Å². The Kier molecular flexibility index (Phi) is 3.15. The lowest BCUT2D eigenvalue weighted by molar-refractivity contribution is 0.248. The summed E-state index contributed by atoms with van der Waals surface area (Å²) in [4.78, 5) is 0. The molecule has 0 saturated carbocycles. The van der Waals surface area contributed by atoms with Crippen molar-refractivity contribution >= 4 is 15.7 Å². The summed E-state index contributed by atoms with van der Waals surface area (Å²) in [6.45, 7) is 14.0. The molecule has 0 heterocycles. The van der Waals surface area contributed by atoms with Crippen molar-refractivity contribution < 1.29 is 0 Å². The highest BCUT2D eigenvalue weighted by molar-refractivity contribution is 6.40. The van der Waals surface area contributed by atoms with E-state index in [0.29, 0.717) is 16.0 Å². The summed E-state index contributed by atoms with van der Waals surface area (Å²) in [7, 11) is 4.75. The van der Waals surface area contributed by atoms with Gasteiger partial charge in [0.2, 0.25) is 0 Å². The van der Waals surface area contributed by atoms with Crippen LogP contribution in [0, 0.1) is 10.8 Å². The van der Waals surface area contributed by atoms with Gasteiger partial charge in [0, 0.05) is 0 Å². The zero-order valence-corrected chi connectivity index (χ0v) is 10.2. The molecule has 12 heavy (non-hydrogen) atoms. The van der Waals surface area contributed by atoms with Crippen LogP contribution in [-0.4, -0.2) is 15.7 Å². The van der Waals surface area contributed by atoms with E-state index in [-0.39, 0.29) is 0 Å². The van der Waals surface area contributed by atoms with Crippen LogP contribution in [0.4, 0.5) is 0 Å². The molecular formula is C10H24B2. The third-order valence-electron chi connectivity index (χ3n) is 3.00. The molecule has 0 nitrogen and oxygen atoms in total. The minimum Gasteiger partial charge on any atom is -0.0794 e. The maximum atomic E-state index is 2.37. The van der Waals surface area contributed by atoms with Gasteiger partial charge in [-0.1, -0.05) is 53.2 Å². The minimum absolute atomic E-state index is 0.403. The molecule has 0 unspecified atom stereocenters. The molecule has 0 N–H and O–H groups in total. The Hall–Kier alpha value is 0.130. The Morgan fingerprint density at radius 1 is 0.833 bits per heavy atom. The van der Waals surface area contributed by atoms with Crippen molar-refractivity contribution in [1.29, 1.82) is 0 Å². The first-order chi connectivity index (χ1) is 4.96. The molecule has 0 amide bonds. The lowest BCUT2D eigenvalue weighted by Gasteiger charge is -2.43. The van der Waals surface area contributed by atoms with Crippen LogP contribution in [0.25, 0.3) is 0 Å². The maximum absolute atomic E-state index is 2.37. The lowest BCUT2D eigenvalue weighted by Crippen LogP contribution is -2.33. The second-order valence-electron chi connectivity index (χ2n) is 6.87. The molecule has 2 heteroatoms. The van der Waals surface area contributed by atoms with Crippen LogP contribution < -0.4 is 0 Å². The Morgan fingerprint density at radius 2 is 1.17 bits per heavy atom. The molecule has 0 aliphatic heterocycles. The Morgan fingerprint density at radius 3 is 1.25 bits per heavy atom. The van der Waals surface area contributed by atoms with Crippen molar-refractivity contribution in [3.05, 3.63) is 0 Å². The van der Waals surface area contributed by atoms with Crippen LogP contribution in [0.3, 0.4) is 0 Å². The van der Waals surface area contributed by atoms with Gasteiger partial charge in [0.25, 0.3) is 0 Å². The lowest BCUT2D eigenvalue weighted by atomic mass is 9.40.